The third-order valence-electron chi connectivity index (χ3n) is 2.39. The molecule has 2 aromatic rings. The molecule has 0 saturated carbocycles. The molecule has 1 heterocycles. The maximum absolute atomic E-state index is 12.9. The number of benzene rings is 1. The normalized spacial score (nSPS) is 9.94. The molecule has 0 atom stereocenters. The van der Waals surface area contributed by atoms with E-state index in [1.165, 1.54) is 12.1 Å². The molecule has 0 aliphatic heterocycles. The predicted octanol–water partition coefficient (Wildman–Crippen LogP) is 3.07. The van der Waals surface area contributed by atoms with E-state index in [1.54, 1.807) is 22.9 Å². The van der Waals surface area contributed by atoms with Crippen LogP contribution in [0.4, 0.5) is 10.1 Å². The Kier molecular flexibility index (Phi) is 3.35. The maximum atomic E-state index is 12.9. The van der Waals surface area contributed by atoms with Gasteiger partial charge in [-0.25, -0.2) is 9.37 Å². The summed E-state index contributed by atoms with van der Waals surface area (Å²) in [4.78, 5) is 5.25. The van der Waals surface area contributed by atoms with E-state index in [0.717, 1.165) is 10.6 Å². The van der Waals surface area contributed by atoms with Gasteiger partial charge in [0.1, 0.15) is 11.9 Å². The summed E-state index contributed by atoms with van der Waals surface area (Å²) in [6.07, 6.45) is 0. The number of aromatic nitrogens is 1. The number of nitrogens with one attached hydrogen (secondary N) is 1. The van der Waals surface area contributed by atoms with E-state index in [-0.39, 0.29) is 0 Å². The fraction of sp³-hybridized carbons (Fsp3) is 0.167. The van der Waals surface area contributed by atoms with Crippen LogP contribution < -0.4 is 5.32 Å². The number of hydrogen-bond donors (Lipinski definition) is 1. The minimum atomic E-state index is -0.402. The summed E-state index contributed by atoms with van der Waals surface area (Å²) in [6.45, 7) is 2.53. The van der Waals surface area contributed by atoms with Crippen LogP contribution in [0, 0.1) is 24.1 Å². The summed E-state index contributed by atoms with van der Waals surface area (Å²) >= 11 is 1.55. The van der Waals surface area contributed by atoms with Gasteiger partial charge in [-0.3, -0.25) is 0 Å². The molecule has 1 N–H and O–H groups in total. The zero-order valence-corrected chi connectivity index (χ0v) is 10.0. The molecule has 1 aromatic carbocycles. The number of hydrogen-bond acceptors (Lipinski definition) is 4. The molecule has 86 valence electrons. The van der Waals surface area contributed by atoms with Crippen molar-refractivity contribution in [3.05, 3.63) is 45.7 Å². The van der Waals surface area contributed by atoms with Crippen molar-refractivity contribution in [3.8, 4) is 6.07 Å². The molecule has 5 heteroatoms. The van der Waals surface area contributed by atoms with Crippen molar-refractivity contribution in [1.82, 2.24) is 4.98 Å². The van der Waals surface area contributed by atoms with E-state index in [9.17, 15) is 4.39 Å². The lowest BCUT2D eigenvalue weighted by Gasteiger charge is -2.07. The van der Waals surface area contributed by atoms with Crippen LogP contribution in [0.2, 0.25) is 0 Å². The molecule has 0 spiro atoms. The van der Waals surface area contributed by atoms with Gasteiger partial charge >= 0.3 is 0 Å². The molecule has 0 fully saturated rings. The van der Waals surface area contributed by atoms with E-state index in [1.807, 2.05) is 13.0 Å². The van der Waals surface area contributed by atoms with Crippen LogP contribution in [0.1, 0.15) is 16.1 Å². The molecule has 1 aromatic heterocycles. The highest BCUT2D eigenvalue weighted by atomic mass is 32.1. The Morgan fingerprint density at radius 1 is 1.53 bits per heavy atom. The highest BCUT2D eigenvalue weighted by Gasteiger charge is 2.05. The van der Waals surface area contributed by atoms with Crippen molar-refractivity contribution in [1.29, 1.82) is 5.26 Å². The van der Waals surface area contributed by atoms with Gasteiger partial charge in [0.05, 0.1) is 29.0 Å². The molecule has 0 amide bonds. The monoisotopic (exact) mass is 247 g/mol. The Morgan fingerprint density at radius 3 is 3.00 bits per heavy atom. The van der Waals surface area contributed by atoms with Crippen molar-refractivity contribution >= 4 is 17.0 Å². The van der Waals surface area contributed by atoms with Gasteiger partial charge in [0.15, 0.2) is 0 Å². The number of halogens is 1. The third kappa shape index (κ3) is 2.60. The number of nitriles is 1. The van der Waals surface area contributed by atoms with Crippen molar-refractivity contribution in [2.45, 2.75) is 13.5 Å². The lowest BCUT2D eigenvalue weighted by atomic mass is 10.2. The van der Waals surface area contributed by atoms with Crippen LogP contribution in [-0.4, -0.2) is 4.98 Å². The van der Waals surface area contributed by atoms with Crippen LogP contribution in [0.15, 0.2) is 23.7 Å². The molecule has 0 bridgehead atoms. The molecular formula is C12H10FN3S. The molecule has 0 aliphatic carbocycles. The number of rotatable bonds is 3. The van der Waals surface area contributed by atoms with Crippen LogP contribution in [0.3, 0.4) is 0 Å². The smallest absolute Gasteiger partial charge is 0.124 e. The van der Waals surface area contributed by atoms with Gasteiger partial charge in [0.25, 0.3) is 0 Å². The van der Waals surface area contributed by atoms with Crippen molar-refractivity contribution in [2.75, 3.05) is 5.32 Å². The van der Waals surface area contributed by atoms with Crippen molar-refractivity contribution in [3.63, 3.8) is 0 Å². The second-order valence-electron chi connectivity index (χ2n) is 3.52. The van der Waals surface area contributed by atoms with Crippen LogP contribution in [0.5, 0.6) is 0 Å². The zero-order chi connectivity index (χ0) is 12.3. The van der Waals surface area contributed by atoms with Crippen LogP contribution in [-0.2, 0) is 6.54 Å². The third-order valence-corrected chi connectivity index (χ3v) is 3.32. The maximum Gasteiger partial charge on any atom is 0.124 e. The number of nitrogens with zero attached hydrogens (tertiary/aromatic N) is 2. The van der Waals surface area contributed by atoms with E-state index in [0.29, 0.717) is 17.8 Å². The Bertz CT molecular complexity index is 571. The fourth-order valence-corrected chi connectivity index (χ4v) is 2.15. The Balaban J connectivity index is 2.15. The Hall–Kier alpha value is -1.93. The van der Waals surface area contributed by atoms with E-state index < -0.39 is 5.82 Å². The lowest BCUT2D eigenvalue weighted by molar-refractivity contribution is 0.627. The minimum Gasteiger partial charge on any atom is -0.379 e. The van der Waals surface area contributed by atoms with Crippen molar-refractivity contribution < 1.29 is 4.39 Å². The largest absolute Gasteiger partial charge is 0.379 e. The standard InChI is InChI=1S/C12H10FN3S/c1-8-12(17-7-16-8)6-15-11-3-2-10(13)4-9(11)5-14/h2-4,7,15H,6H2,1H3. The van der Waals surface area contributed by atoms with Crippen LogP contribution >= 0.6 is 11.3 Å². The number of aryl methyl sites for hydroxylation is 1. The minimum absolute atomic E-state index is 0.312. The molecule has 0 radical (unpaired) electrons. The first-order valence-corrected chi connectivity index (χ1v) is 5.91. The summed E-state index contributed by atoms with van der Waals surface area (Å²) in [6, 6.07) is 6.10. The predicted molar refractivity (Wildman–Crippen MR) is 65.3 cm³/mol. The molecule has 0 saturated heterocycles. The van der Waals surface area contributed by atoms with Crippen LogP contribution in [0.25, 0.3) is 0 Å². The van der Waals surface area contributed by atoms with Gasteiger partial charge in [-0.2, -0.15) is 5.26 Å². The molecule has 0 aliphatic rings. The molecule has 17 heavy (non-hydrogen) atoms. The summed E-state index contributed by atoms with van der Waals surface area (Å²) in [5, 5.41) is 12.0. The quantitative estimate of drug-likeness (QED) is 0.906. The topological polar surface area (TPSA) is 48.7 Å². The van der Waals surface area contributed by atoms with Gasteiger partial charge < -0.3 is 5.32 Å². The summed E-state index contributed by atoms with van der Waals surface area (Å²) in [7, 11) is 0. The zero-order valence-electron chi connectivity index (χ0n) is 9.20. The number of anilines is 1. The Morgan fingerprint density at radius 2 is 2.35 bits per heavy atom. The number of thiazole rings is 1. The summed E-state index contributed by atoms with van der Waals surface area (Å²) < 4.78 is 12.9. The first kappa shape index (κ1) is 11.6. The Labute approximate surface area is 103 Å². The lowest BCUT2D eigenvalue weighted by Crippen LogP contribution is -2.01. The molecular weight excluding hydrogens is 237 g/mol. The van der Waals surface area contributed by atoms with Gasteiger partial charge in [-0.05, 0) is 25.1 Å². The van der Waals surface area contributed by atoms with Gasteiger partial charge in [0.2, 0.25) is 0 Å². The highest BCUT2D eigenvalue weighted by molar-refractivity contribution is 7.09. The second-order valence-corrected chi connectivity index (χ2v) is 4.46. The second kappa shape index (κ2) is 4.93. The van der Waals surface area contributed by atoms with E-state index >= 15 is 0 Å². The SMILES string of the molecule is Cc1ncsc1CNc1ccc(F)cc1C#N. The average molecular weight is 247 g/mol. The first-order chi connectivity index (χ1) is 8.20. The van der Waals surface area contributed by atoms with E-state index in [2.05, 4.69) is 10.3 Å². The molecule has 3 nitrogen and oxygen atoms in total. The summed E-state index contributed by atoms with van der Waals surface area (Å²) in [5.41, 5.74) is 3.71. The van der Waals surface area contributed by atoms with E-state index in [4.69, 9.17) is 5.26 Å². The van der Waals surface area contributed by atoms with Crippen molar-refractivity contribution in [2.24, 2.45) is 0 Å². The van der Waals surface area contributed by atoms with Gasteiger partial charge in [0, 0.05) is 4.88 Å². The average Bonchev–Trinajstić information content (AvgIpc) is 2.73. The first-order valence-electron chi connectivity index (χ1n) is 5.03. The fourth-order valence-electron chi connectivity index (χ4n) is 1.43. The van der Waals surface area contributed by atoms with Gasteiger partial charge in [-0.15, -0.1) is 11.3 Å². The van der Waals surface area contributed by atoms with Gasteiger partial charge in [-0.1, -0.05) is 0 Å². The summed E-state index contributed by atoms with van der Waals surface area (Å²) in [5.74, 6) is -0.402. The molecule has 2 rings (SSSR count). The molecule has 0 unspecified atom stereocenters. The highest BCUT2D eigenvalue weighted by Crippen LogP contribution is 2.19.